The number of aromatic amines is 1. The summed E-state index contributed by atoms with van der Waals surface area (Å²) >= 11 is 0. The Bertz CT molecular complexity index is 1100. The van der Waals surface area contributed by atoms with Crippen molar-refractivity contribution in [1.82, 2.24) is 30.4 Å². The monoisotopic (exact) mass is 333 g/mol. The van der Waals surface area contributed by atoms with E-state index in [1.54, 1.807) is 17.0 Å². The number of nitrogens with one attached hydrogen (secondary N) is 2. The molecule has 0 saturated carbocycles. The normalized spacial score (nSPS) is 15.3. The minimum absolute atomic E-state index is 0.347. The van der Waals surface area contributed by atoms with E-state index in [1.807, 2.05) is 36.4 Å². The Morgan fingerprint density at radius 1 is 1.12 bits per heavy atom. The highest BCUT2D eigenvalue weighted by Gasteiger charge is 2.35. The summed E-state index contributed by atoms with van der Waals surface area (Å²) in [6.07, 6.45) is 1.57. The van der Waals surface area contributed by atoms with Crippen LogP contribution in [0.4, 0.5) is 11.6 Å². The fourth-order valence-corrected chi connectivity index (χ4v) is 3.06. The highest BCUT2D eigenvalue weighted by Crippen LogP contribution is 2.40. The molecule has 0 saturated heterocycles. The first-order valence-electron chi connectivity index (χ1n) is 7.59. The largest absolute Gasteiger partial charge is 0.467 e. The number of tetrazole rings is 1. The van der Waals surface area contributed by atoms with Crippen molar-refractivity contribution in [2.75, 3.05) is 5.32 Å². The van der Waals surface area contributed by atoms with E-state index in [0.717, 1.165) is 5.56 Å². The summed E-state index contributed by atoms with van der Waals surface area (Å²) in [6.45, 7) is 0. The maximum absolute atomic E-state index is 12.4. The van der Waals surface area contributed by atoms with Crippen LogP contribution in [0.3, 0.4) is 0 Å². The van der Waals surface area contributed by atoms with Crippen molar-refractivity contribution in [3.8, 4) is 11.3 Å². The lowest BCUT2D eigenvalue weighted by molar-refractivity contribution is 0.435. The van der Waals surface area contributed by atoms with Crippen molar-refractivity contribution < 1.29 is 4.42 Å². The average molecular weight is 333 g/mol. The van der Waals surface area contributed by atoms with Crippen molar-refractivity contribution in [2.24, 2.45) is 0 Å². The third kappa shape index (κ3) is 1.99. The Labute approximate surface area is 140 Å². The van der Waals surface area contributed by atoms with Gasteiger partial charge in [-0.2, -0.15) is 9.78 Å². The molecule has 4 aromatic rings. The number of hydrogen-bond acceptors (Lipinski definition) is 7. The zero-order chi connectivity index (χ0) is 16.8. The van der Waals surface area contributed by atoms with Crippen molar-refractivity contribution in [1.29, 1.82) is 0 Å². The van der Waals surface area contributed by atoms with Gasteiger partial charge in [-0.1, -0.05) is 35.4 Å². The van der Waals surface area contributed by atoms with Crippen LogP contribution < -0.4 is 10.9 Å². The molecule has 0 unspecified atom stereocenters. The first-order chi connectivity index (χ1) is 12.3. The molecule has 0 radical (unpaired) electrons. The van der Waals surface area contributed by atoms with Crippen molar-refractivity contribution >= 4 is 11.6 Å². The molecule has 3 aromatic heterocycles. The summed E-state index contributed by atoms with van der Waals surface area (Å²) in [5.74, 6) is 0.977. The molecule has 0 amide bonds. The second-order valence-electron chi connectivity index (χ2n) is 5.55. The van der Waals surface area contributed by atoms with Gasteiger partial charge in [0.2, 0.25) is 5.95 Å². The molecule has 25 heavy (non-hydrogen) atoms. The molecular weight excluding hydrogens is 322 g/mol. The van der Waals surface area contributed by atoms with Gasteiger partial charge in [0.15, 0.2) is 0 Å². The number of aromatic nitrogens is 6. The van der Waals surface area contributed by atoms with Crippen LogP contribution in [0.1, 0.15) is 17.4 Å². The Hall–Kier alpha value is -3.75. The van der Waals surface area contributed by atoms with Crippen LogP contribution >= 0.6 is 0 Å². The fourth-order valence-electron chi connectivity index (χ4n) is 3.06. The second-order valence-corrected chi connectivity index (χ2v) is 5.55. The van der Waals surface area contributed by atoms with E-state index in [0.29, 0.717) is 28.7 Å². The maximum Gasteiger partial charge on any atom is 0.288 e. The molecule has 122 valence electrons. The van der Waals surface area contributed by atoms with Gasteiger partial charge in [0, 0.05) is 11.1 Å². The molecular formula is C16H11N7O2. The van der Waals surface area contributed by atoms with Crippen LogP contribution in [-0.2, 0) is 0 Å². The van der Waals surface area contributed by atoms with Gasteiger partial charge in [0.05, 0.1) is 12.0 Å². The summed E-state index contributed by atoms with van der Waals surface area (Å²) in [5.41, 5.74) is 2.16. The van der Waals surface area contributed by atoms with Gasteiger partial charge in [-0.25, -0.2) is 5.10 Å². The molecule has 1 aliphatic heterocycles. The molecule has 9 heteroatoms. The van der Waals surface area contributed by atoms with Gasteiger partial charge < -0.3 is 9.73 Å². The predicted molar refractivity (Wildman–Crippen MR) is 87.3 cm³/mol. The topological polar surface area (TPSA) is 115 Å². The van der Waals surface area contributed by atoms with Gasteiger partial charge in [0.1, 0.15) is 17.5 Å². The van der Waals surface area contributed by atoms with Crippen LogP contribution in [0.15, 0.2) is 57.9 Å². The molecule has 1 aromatic carbocycles. The minimum Gasteiger partial charge on any atom is -0.467 e. The molecule has 9 nitrogen and oxygen atoms in total. The zero-order valence-corrected chi connectivity index (χ0v) is 12.7. The van der Waals surface area contributed by atoms with E-state index < -0.39 is 6.04 Å². The van der Waals surface area contributed by atoms with E-state index in [9.17, 15) is 4.79 Å². The molecule has 4 heterocycles. The van der Waals surface area contributed by atoms with Gasteiger partial charge in [-0.05, 0) is 22.6 Å². The van der Waals surface area contributed by atoms with Gasteiger partial charge >= 0.3 is 0 Å². The van der Waals surface area contributed by atoms with Crippen molar-refractivity contribution in [2.45, 2.75) is 6.04 Å². The first-order valence-corrected chi connectivity index (χ1v) is 7.59. The molecule has 0 aliphatic carbocycles. The number of fused-ring (bicyclic) bond motifs is 2. The Morgan fingerprint density at radius 3 is 2.80 bits per heavy atom. The van der Waals surface area contributed by atoms with Crippen LogP contribution in [0.25, 0.3) is 11.3 Å². The summed E-state index contributed by atoms with van der Waals surface area (Å²) in [4.78, 5) is 12.4. The van der Waals surface area contributed by atoms with Crippen molar-refractivity contribution in [3.05, 3.63) is 70.4 Å². The Balaban J connectivity index is 1.85. The van der Waals surface area contributed by atoms with E-state index in [4.69, 9.17) is 4.42 Å². The molecule has 0 fully saturated rings. The molecule has 1 atom stereocenters. The summed E-state index contributed by atoms with van der Waals surface area (Å²) in [7, 11) is 0. The Morgan fingerprint density at radius 2 is 2.00 bits per heavy atom. The molecule has 5 rings (SSSR count). The van der Waals surface area contributed by atoms with Crippen LogP contribution in [0.5, 0.6) is 0 Å². The van der Waals surface area contributed by atoms with E-state index in [1.165, 1.54) is 0 Å². The molecule has 1 aliphatic rings. The van der Waals surface area contributed by atoms with Crippen molar-refractivity contribution in [3.63, 3.8) is 0 Å². The van der Waals surface area contributed by atoms with Gasteiger partial charge in [0.25, 0.3) is 5.56 Å². The molecule has 2 N–H and O–H groups in total. The number of H-pyrrole nitrogens is 1. The molecule has 0 bridgehead atoms. The standard InChI is InChI=1S/C16H11N7O2/c24-15-13-11(12(18-19-15)9-5-2-1-3-6-9)14(10-7-4-8-25-10)23-16(17-13)20-21-22-23/h1-8,14H,(H,19,24)(H,17,20,22)/t14-/m0/s1. The predicted octanol–water partition coefficient (Wildman–Crippen LogP) is 1.71. The highest BCUT2D eigenvalue weighted by atomic mass is 16.3. The zero-order valence-electron chi connectivity index (χ0n) is 12.7. The summed E-state index contributed by atoms with van der Waals surface area (Å²) in [5, 5.41) is 21.5. The lowest BCUT2D eigenvalue weighted by Gasteiger charge is -2.26. The number of rotatable bonds is 2. The van der Waals surface area contributed by atoms with E-state index in [2.05, 4.69) is 31.0 Å². The minimum atomic E-state index is -0.499. The number of anilines is 2. The summed E-state index contributed by atoms with van der Waals surface area (Å²) < 4.78 is 7.18. The van der Waals surface area contributed by atoms with E-state index in [-0.39, 0.29) is 5.56 Å². The third-order valence-corrected chi connectivity index (χ3v) is 4.13. The Kier molecular flexibility index (Phi) is 2.80. The SMILES string of the molecule is O=c1[nH]nc(-c2ccccc2)c2c1Nc1nnnn1[C@H]2c1ccco1. The first kappa shape index (κ1) is 13.7. The number of hydrogen-bond donors (Lipinski definition) is 2. The molecule has 0 spiro atoms. The second kappa shape index (κ2) is 5.13. The van der Waals surface area contributed by atoms with Gasteiger partial charge in [-0.15, -0.1) is 0 Å². The number of furan rings is 1. The third-order valence-electron chi connectivity index (χ3n) is 4.13. The fraction of sp³-hybridized carbons (Fsp3) is 0.0625. The van der Waals surface area contributed by atoms with E-state index >= 15 is 0 Å². The number of benzene rings is 1. The lowest BCUT2D eigenvalue weighted by Crippen LogP contribution is -2.28. The quantitative estimate of drug-likeness (QED) is 0.505. The van der Waals surface area contributed by atoms with Crippen LogP contribution in [0.2, 0.25) is 0 Å². The summed E-state index contributed by atoms with van der Waals surface area (Å²) in [6, 6.07) is 12.7. The highest BCUT2D eigenvalue weighted by molar-refractivity contribution is 5.75. The smallest absolute Gasteiger partial charge is 0.288 e. The van der Waals surface area contributed by atoms with Crippen LogP contribution in [0, 0.1) is 0 Å². The van der Waals surface area contributed by atoms with Crippen LogP contribution in [-0.4, -0.2) is 30.4 Å². The van der Waals surface area contributed by atoms with Gasteiger partial charge in [-0.3, -0.25) is 4.79 Å². The average Bonchev–Trinajstić information content (AvgIpc) is 3.33. The number of nitrogens with zero attached hydrogens (tertiary/aromatic N) is 5. The lowest BCUT2D eigenvalue weighted by atomic mass is 9.96. The maximum atomic E-state index is 12.4.